The van der Waals surface area contributed by atoms with E-state index in [4.69, 9.17) is 9.52 Å². The Morgan fingerprint density at radius 1 is 1.42 bits per heavy atom. The molecule has 1 N–H and O–H groups in total. The van der Waals surface area contributed by atoms with Gasteiger partial charge in [-0.2, -0.15) is 0 Å². The molecule has 1 aromatic rings. The van der Waals surface area contributed by atoms with Gasteiger partial charge in [-0.1, -0.05) is 0 Å². The average molecular weight is 265 g/mol. The Morgan fingerprint density at radius 2 is 2.11 bits per heavy atom. The minimum atomic E-state index is -0.869. The second-order valence-corrected chi connectivity index (χ2v) is 5.27. The van der Waals surface area contributed by atoms with Crippen molar-refractivity contribution < 1.29 is 19.1 Å². The third-order valence-corrected chi connectivity index (χ3v) is 3.72. The number of amides is 1. The Bertz CT molecular complexity index is 452. The van der Waals surface area contributed by atoms with E-state index < -0.39 is 11.9 Å². The first kappa shape index (κ1) is 13.6. The van der Waals surface area contributed by atoms with Crippen LogP contribution in [0.15, 0.2) is 22.8 Å². The van der Waals surface area contributed by atoms with Crippen LogP contribution in [-0.4, -0.2) is 27.9 Å². The van der Waals surface area contributed by atoms with Crippen molar-refractivity contribution in [3.05, 3.63) is 24.2 Å². The molecule has 0 spiro atoms. The number of carbonyl (C=O) groups is 2. The zero-order chi connectivity index (χ0) is 14.0. The van der Waals surface area contributed by atoms with Gasteiger partial charge < -0.3 is 14.4 Å². The zero-order valence-electron chi connectivity index (χ0n) is 11.2. The summed E-state index contributed by atoms with van der Waals surface area (Å²) in [7, 11) is 0. The highest BCUT2D eigenvalue weighted by Gasteiger charge is 2.43. The van der Waals surface area contributed by atoms with E-state index in [0.717, 1.165) is 0 Å². The summed E-state index contributed by atoms with van der Waals surface area (Å²) in [4.78, 5) is 25.1. The van der Waals surface area contributed by atoms with Gasteiger partial charge in [0.25, 0.3) is 0 Å². The molecule has 0 bridgehead atoms. The number of carboxylic acid groups (broad SMARTS) is 1. The number of furan rings is 1. The maximum absolute atomic E-state index is 12.4. The van der Waals surface area contributed by atoms with Gasteiger partial charge in [-0.3, -0.25) is 9.59 Å². The van der Waals surface area contributed by atoms with Crippen LogP contribution in [0.4, 0.5) is 0 Å². The lowest BCUT2D eigenvalue weighted by molar-refractivity contribution is -0.157. The molecule has 5 heteroatoms. The predicted molar refractivity (Wildman–Crippen MR) is 68.2 cm³/mol. The van der Waals surface area contributed by atoms with Gasteiger partial charge in [0.2, 0.25) is 5.91 Å². The molecule has 1 heterocycles. The number of nitrogens with zero attached hydrogens (tertiary/aromatic N) is 1. The van der Waals surface area contributed by atoms with Gasteiger partial charge in [0.1, 0.15) is 5.76 Å². The summed E-state index contributed by atoms with van der Waals surface area (Å²) in [5, 5.41) is 9.04. The van der Waals surface area contributed by atoms with E-state index in [1.807, 2.05) is 19.9 Å². The molecule has 19 heavy (non-hydrogen) atoms. The lowest BCUT2D eigenvalue weighted by Crippen LogP contribution is -2.48. The van der Waals surface area contributed by atoms with Crippen molar-refractivity contribution in [3.63, 3.8) is 0 Å². The second-order valence-electron chi connectivity index (χ2n) is 5.27. The highest BCUT2D eigenvalue weighted by atomic mass is 16.4. The summed E-state index contributed by atoms with van der Waals surface area (Å²) in [6, 6.07) is 3.62. The fourth-order valence-electron chi connectivity index (χ4n) is 2.39. The van der Waals surface area contributed by atoms with Crippen LogP contribution in [-0.2, 0) is 16.1 Å². The van der Waals surface area contributed by atoms with Gasteiger partial charge in [0.15, 0.2) is 0 Å². The largest absolute Gasteiger partial charge is 0.481 e. The third kappa shape index (κ3) is 2.80. The van der Waals surface area contributed by atoms with E-state index >= 15 is 0 Å². The van der Waals surface area contributed by atoms with Gasteiger partial charge in [-0.05, 0) is 38.8 Å². The van der Waals surface area contributed by atoms with Crippen molar-refractivity contribution >= 4 is 11.9 Å². The molecule has 0 saturated heterocycles. The first-order chi connectivity index (χ1) is 9.00. The maximum Gasteiger partial charge on any atom is 0.307 e. The number of carboxylic acids is 1. The Kier molecular flexibility index (Phi) is 3.93. The number of hydrogen-bond donors (Lipinski definition) is 1. The Hall–Kier alpha value is -1.78. The Labute approximate surface area is 112 Å². The minimum absolute atomic E-state index is 0.0210. The second kappa shape index (κ2) is 5.47. The third-order valence-electron chi connectivity index (χ3n) is 3.72. The van der Waals surface area contributed by atoms with Gasteiger partial charge >= 0.3 is 5.97 Å². The number of rotatable bonds is 5. The number of aliphatic carboxylic acids is 1. The normalized spacial score (nSPS) is 22.1. The molecular weight excluding hydrogens is 246 g/mol. The van der Waals surface area contributed by atoms with Crippen LogP contribution < -0.4 is 0 Å². The van der Waals surface area contributed by atoms with Crippen molar-refractivity contribution in [2.24, 2.45) is 11.8 Å². The van der Waals surface area contributed by atoms with E-state index in [1.54, 1.807) is 17.2 Å². The summed E-state index contributed by atoms with van der Waals surface area (Å²) >= 11 is 0. The smallest absolute Gasteiger partial charge is 0.307 e. The maximum atomic E-state index is 12.4. The summed E-state index contributed by atoms with van der Waals surface area (Å²) in [5.74, 6) is -1.13. The van der Waals surface area contributed by atoms with Crippen LogP contribution in [0.2, 0.25) is 0 Å². The molecule has 1 aliphatic rings. The summed E-state index contributed by atoms with van der Waals surface area (Å²) in [6.45, 7) is 4.25. The Balaban J connectivity index is 2.07. The Morgan fingerprint density at radius 3 is 2.53 bits per heavy atom. The fraction of sp³-hybridized carbons (Fsp3) is 0.571. The molecule has 5 nitrogen and oxygen atoms in total. The molecule has 0 aromatic carbocycles. The molecule has 2 atom stereocenters. The number of carbonyl (C=O) groups excluding carboxylic acids is 1. The molecule has 104 valence electrons. The standard InChI is InChI=1S/C14H19NO4/c1-9(2)15(8-10-4-3-7-19-10)13(16)11-5-6-12(11)14(17)18/h3-4,7,9,11-12H,5-6,8H2,1-2H3,(H,17,18). The summed E-state index contributed by atoms with van der Waals surface area (Å²) in [6.07, 6.45) is 2.83. The predicted octanol–water partition coefficient (Wildman–Crippen LogP) is 2.13. The highest BCUT2D eigenvalue weighted by Crippen LogP contribution is 2.36. The quantitative estimate of drug-likeness (QED) is 0.885. The molecule has 0 radical (unpaired) electrons. The van der Waals surface area contributed by atoms with E-state index in [-0.39, 0.29) is 17.9 Å². The number of hydrogen-bond acceptors (Lipinski definition) is 3. The molecule has 1 amide bonds. The molecule has 2 rings (SSSR count). The molecule has 0 aliphatic heterocycles. The molecule has 1 aliphatic carbocycles. The first-order valence-corrected chi connectivity index (χ1v) is 6.56. The zero-order valence-corrected chi connectivity index (χ0v) is 11.2. The van der Waals surface area contributed by atoms with Crippen molar-refractivity contribution in [1.82, 2.24) is 4.90 Å². The summed E-state index contributed by atoms with van der Waals surface area (Å²) in [5.41, 5.74) is 0. The van der Waals surface area contributed by atoms with E-state index in [9.17, 15) is 9.59 Å². The topological polar surface area (TPSA) is 70.8 Å². The fourth-order valence-corrected chi connectivity index (χ4v) is 2.39. The van der Waals surface area contributed by atoms with Gasteiger partial charge in [-0.15, -0.1) is 0 Å². The molecule has 1 fully saturated rings. The molecule has 1 saturated carbocycles. The van der Waals surface area contributed by atoms with Gasteiger partial charge in [-0.25, -0.2) is 0 Å². The van der Waals surface area contributed by atoms with Crippen molar-refractivity contribution in [1.29, 1.82) is 0 Å². The van der Waals surface area contributed by atoms with Crippen LogP contribution >= 0.6 is 0 Å². The van der Waals surface area contributed by atoms with Gasteiger partial charge in [0.05, 0.1) is 24.6 Å². The molecule has 2 unspecified atom stereocenters. The lowest BCUT2D eigenvalue weighted by Gasteiger charge is -2.37. The SMILES string of the molecule is CC(C)N(Cc1ccco1)C(=O)C1CCC1C(=O)O. The van der Waals surface area contributed by atoms with Crippen LogP contribution in [0.1, 0.15) is 32.4 Å². The lowest BCUT2D eigenvalue weighted by atomic mass is 9.72. The average Bonchev–Trinajstić information content (AvgIpc) is 2.75. The summed E-state index contributed by atoms with van der Waals surface area (Å²) < 4.78 is 5.26. The highest BCUT2D eigenvalue weighted by molar-refractivity contribution is 5.86. The van der Waals surface area contributed by atoms with Crippen molar-refractivity contribution in [2.45, 2.75) is 39.3 Å². The molecule has 1 aromatic heterocycles. The minimum Gasteiger partial charge on any atom is -0.481 e. The van der Waals surface area contributed by atoms with Gasteiger partial charge in [0, 0.05) is 6.04 Å². The monoisotopic (exact) mass is 265 g/mol. The van der Waals surface area contributed by atoms with Crippen LogP contribution in [0.3, 0.4) is 0 Å². The van der Waals surface area contributed by atoms with E-state index in [0.29, 0.717) is 25.1 Å². The van der Waals surface area contributed by atoms with Crippen LogP contribution in [0, 0.1) is 11.8 Å². The van der Waals surface area contributed by atoms with Crippen LogP contribution in [0.25, 0.3) is 0 Å². The molecular formula is C14H19NO4. The van der Waals surface area contributed by atoms with Crippen LogP contribution in [0.5, 0.6) is 0 Å². The first-order valence-electron chi connectivity index (χ1n) is 6.56. The van der Waals surface area contributed by atoms with E-state index in [2.05, 4.69) is 0 Å². The van der Waals surface area contributed by atoms with Crippen molar-refractivity contribution in [2.75, 3.05) is 0 Å². The van der Waals surface area contributed by atoms with E-state index in [1.165, 1.54) is 0 Å². The van der Waals surface area contributed by atoms with Crippen molar-refractivity contribution in [3.8, 4) is 0 Å².